The number of hydrogen-bond donors (Lipinski definition) is 1. The van der Waals surface area contributed by atoms with Gasteiger partial charge in [-0.2, -0.15) is 5.10 Å². The Morgan fingerprint density at radius 3 is 2.59 bits per heavy atom. The molecule has 1 aromatic heterocycles. The molecule has 0 amide bonds. The lowest BCUT2D eigenvalue weighted by atomic mass is 10.2. The van der Waals surface area contributed by atoms with Gasteiger partial charge in [-0.05, 0) is 26.3 Å². The summed E-state index contributed by atoms with van der Waals surface area (Å²) >= 11 is 0. The standard InChI is InChI=1S/C12H18N2O3/c1-5-10(12(15)16)6-7-17-11-8(2)13-14(4)9(11)3/h6H,5,7H2,1-4H3,(H,15,16). The average molecular weight is 238 g/mol. The largest absolute Gasteiger partial charge is 0.486 e. The maximum atomic E-state index is 10.8. The Bertz CT molecular complexity index is 447. The van der Waals surface area contributed by atoms with Gasteiger partial charge in [0.25, 0.3) is 0 Å². The van der Waals surface area contributed by atoms with E-state index in [4.69, 9.17) is 9.84 Å². The summed E-state index contributed by atoms with van der Waals surface area (Å²) in [6.07, 6.45) is 2.08. The highest BCUT2D eigenvalue weighted by molar-refractivity contribution is 5.86. The number of nitrogens with zero attached hydrogens (tertiary/aromatic N) is 2. The molecule has 17 heavy (non-hydrogen) atoms. The maximum absolute atomic E-state index is 10.8. The summed E-state index contributed by atoms with van der Waals surface area (Å²) in [5, 5.41) is 13.1. The number of hydrogen-bond acceptors (Lipinski definition) is 3. The van der Waals surface area contributed by atoms with E-state index in [1.807, 2.05) is 20.9 Å². The number of aromatic nitrogens is 2. The van der Waals surface area contributed by atoms with Gasteiger partial charge in [0.05, 0.1) is 5.69 Å². The van der Waals surface area contributed by atoms with Crippen molar-refractivity contribution < 1.29 is 14.6 Å². The molecule has 1 heterocycles. The molecule has 5 nitrogen and oxygen atoms in total. The molecular weight excluding hydrogens is 220 g/mol. The summed E-state index contributed by atoms with van der Waals surface area (Å²) in [6, 6.07) is 0. The van der Waals surface area contributed by atoms with Gasteiger partial charge in [-0.1, -0.05) is 6.92 Å². The molecule has 0 radical (unpaired) electrons. The van der Waals surface area contributed by atoms with E-state index in [1.54, 1.807) is 17.7 Å². The van der Waals surface area contributed by atoms with Crippen molar-refractivity contribution in [2.45, 2.75) is 27.2 Å². The molecule has 0 spiro atoms. The number of carboxylic acids is 1. The van der Waals surface area contributed by atoms with Crippen LogP contribution in [-0.4, -0.2) is 27.5 Å². The second kappa shape index (κ2) is 5.52. The van der Waals surface area contributed by atoms with Crippen LogP contribution in [0.1, 0.15) is 24.7 Å². The Kier molecular flexibility index (Phi) is 4.31. The molecule has 0 aliphatic rings. The van der Waals surface area contributed by atoms with Crippen molar-refractivity contribution in [3.63, 3.8) is 0 Å². The van der Waals surface area contributed by atoms with Gasteiger partial charge in [-0.25, -0.2) is 4.79 Å². The molecule has 5 heteroatoms. The third-order valence-electron chi connectivity index (χ3n) is 2.66. The predicted octanol–water partition coefficient (Wildman–Crippen LogP) is 1.84. The molecule has 0 saturated heterocycles. The first-order chi connectivity index (χ1) is 7.97. The molecule has 0 fully saturated rings. The highest BCUT2D eigenvalue weighted by Crippen LogP contribution is 2.21. The van der Waals surface area contributed by atoms with Gasteiger partial charge in [-0.3, -0.25) is 4.68 Å². The van der Waals surface area contributed by atoms with Crippen molar-refractivity contribution in [3.8, 4) is 5.75 Å². The third kappa shape index (κ3) is 3.09. The zero-order valence-electron chi connectivity index (χ0n) is 10.6. The van der Waals surface area contributed by atoms with Crippen molar-refractivity contribution in [3.05, 3.63) is 23.0 Å². The number of carbonyl (C=O) groups is 1. The summed E-state index contributed by atoms with van der Waals surface area (Å²) < 4.78 is 7.29. The highest BCUT2D eigenvalue weighted by Gasteiger charge is 2.10. The number of aliphatic carboxylic acids is 1. The van der Waals surface area contributed by atoms with Crippen LogP contribution in [0.5, 0.6) is 5.75 Å². The Hall–Kier alpha value is -1.78. The van der Waals surface area contributed by atoms with E-state index in [0.29, 0.717) is 12.0 Å². The van der Waals surface area contributed by atoms with Gasteiger partial charge in [0, 0.05) is 12.6 Å². The van der Waals surface area contributed by atoms with Crippen LogP contribution in [0.3, 0.4) is 0 Å². The van der Waals surface area contributed by atoms with Crippen LogP contribution in [-0.2, 0) is 11.8 Å². The lowest BCUT2D eigenvalue weighted by Gasteiger charge is -2.04. The lowest BCUT2D eigenvalue weighted by molar-refractivity contribution is -0.132. The summed E-state index contributed by atoms with van der Waals surface area (Å²) in [5.41, 5.74) is 2.11. The number of ether oxygens (including phenoxy) is 1. The van der Waals surface area contributed by atoms with Gasteiger partial charge < -0.3 is 9.84 Å². The Morgan fingerprint density at radius 2 is 2.18 bits per heavy atom. The van der Waals surface area contributed by atoms with Crippen molar-refractivity contribution in [1.29, 1.82) is 0 Å². The molecule has 94 valence electrons. The summed E-state index contributed by atoms with van der Waals surface area (Å²) in [4.78, 5) is 10.8. The molecule has 0 atom stereocenters. The van der Waals surface area contributed by atoms with Gasteiger partial charge in [-0.15, -0.1) is 0 Å². The summed E-state index contributed by atoms with van der Waals surface area (Å²) in [5.74, 6) is -0.166. The maximum Gasteiger partial charge on any atom is 0.331 e. The SMILES string of the molecule is CCC(=CCOc1c(C)nn(C)c1C)C(=O)O. The van der Waals surface area contributed by atoms with Crippen molar-refractivity contribution in [2.24, 2.45) is 7.05 Å². The first-order valence-corrected chi connectivity index (χ1v) is 5.52. The van der Waals surface area contributed by atoms with Crippen LogP contribution in [0, 0.1) is 13.8 Å². The van der Waals surface area contributed by atoms with Gasteiger partial charge in [0.1, 0.15) is 12.3 Å². The second-order valence-electron chi connectivity index (χ2n) is 3.82. The fraction of sp³-hybridized carbons (Fsp3) is 0.500. The van der Waals surface area contributed by atoms with E-state index in [1.165, 1.54) is 0 Å². The third-order valence-corrected chi connectivity index (χ3v) is 2.66. The fourth-order valence-electron chi connectivity index (χ4n) is 1.57. The van der Waals surface area contributed by atoms with E-state index in [0.717, 1.165) is 17.1 Å². The number of aryl methyl sites for hydroxylation is 2. The van der Waals surface area contributed by atoms with E-state index in [-0.39, 0.29) is 6.61 Å². The minimum Gasteiger partial charge on any atom is -0.486 e. The van der Waals surface area contributed by atoms with Crippen molar-refractivity contribution >= 4 is 5.97 Å². The molecule has 1 aromatic rings. The van der Waals surface area contributed by atoms with Crippen LogP contribution in [0.15, 0.2) is 11.6 Å². The normalized spacial score (nSPS) is 11.6. The first-order valence-electron chi connectivity index (χ1n) is 5.52. The van der Waals surface area contributed by atoms with E-state index >= 15 is 0 Å². The van der Waals surface area contributed by atoms with E-state index in [2.05, 4.69) is 5.10 Å². The Morgan fingerprint density at radius 1 is 1.53 bits per heavy atom. The van der Waals surface area contributed by atoms with Gasteiger partial charge in [0.2, 0.25) is 0 Å². The lowest BCUT2D eigenvalue weighted by Crippen LogP contribution is -2.03. The van der Waals surface area contributed by atoms with Crippen LogP contribution in [0.4, 0.5) is 0 Å². The molecule has 1 N–H and O–H groups in total. The molecule has 1 rings (SSSR count). The van der Waals surface area contributed by atoms with Crippen molar-refractivity contribution in [1.82, 2.24) is 9.78 Å². The Labute approximate surface area is 101 Å². The Balaban J connectivity index is 2.71. The topological polar surface area (TPSA) is 64.4 Å². The fourth-order valence-corrected chi connectivity index (χ4v) is 1.57. The molecular formula is C12H18N2O3. The molecule has 0 aliphatic carbocycles. The van der Waals surface area contributed by atoms with Crippen molar-refractivity contribution in [2.75, 3.05) is 6.61 Å². The minimum atomic E-state index is -0.893. The average Bonchev–Trinajstić information content (AvgIpc) is 2.49. The molecule has 0 unspecified atom stereocenters. The van der Waals surface area contributed by atoms with Crippen LogP contribution in [0.2, 0.25) is 0 Å². The summed E-state index contributed by atoms with van der Waals surface area (Å²) in [6.45, 7) is 5.84. The van der Waals surface area contributed by atoms with Crippen LogP contribution in [0.25, 0.3) is 0 Å². The molecule has 0 bridgehead atoms. The van der Waals surface area contributed by atoms with E-state index < -0.39 is 5.97 Å². The van der Waals surface area contributed by atoms with E-state index in [9.17, 15) is 4.79 Å². The zero-order chi connectivity index (χ0) is 13.0. The van der Waals surface area contributed by atoms with Crippen LogP contribution < -0.4 is 4.74 Å². The second-order valence-corrected chi connectivity index (χ2v) is 3.82. The van der Waals surface area contributed by atoms with Gasteiger partial charge >= 0.3 is 5.97 Å². The smallest absolute Gasteiger partial charge is 0.331 e. The summed E-state index contributed by atoms with van der Waals surface area (Å²) in [7, 11) is 1.85. The monoisotopic (exact) mass is 238 g/mol. The molecule has 0 saturated carbocycles. The first kappa shape index (κ1) is 13.3. The number of carboxylic acid groups (broad SMARTS) is 1. The quantitative estimate of drug-likeness (QED) is 0.795. The molecule has 0 aliphatic heterocycles. The number of rotatable bonds is 5. The van der Waals surface area contributed by atoms with Crippen LogP contribution >= 0.6 is 0 Å². The zero-order valence-corrected chi connectivity index (χ0v) is 10.6. The minimum absolute atomic E-state index is 0.253. The molecule has 0 aromatic carbocycles. The highest BCUT2D eigenvalue weighted by atomic mass is 16.5. The predicted molar refractivity (Wildman–Crippen MR) is 64.2 cm³/mol. The van der Waals surface area contributed by atoms with Gasteiger partial charge in [0.15, 0.2) is 5.75 Å².